The van der Waals surface area contributed by atoms with Crippen LogP contribution in [0.1, 0.15) is 90.9 Å². The number of rotatable bonds is 14. The van der Waals surface area contributed by atoms with Crippen LogP contribution in [-0.2, 0) is 0 Å². The maximum atomic E-state index is 2.30. The summed E-state index contributed by atoms with van der Waals surface area (Å²) in [5.74, 6) is 0. The summed E-state index contributed by atoms with van der Waals surface area (Å²) in [7, 11) is 0. The quantitative estimate of drug-likeness (QED) is 0.294. The van der Waals surface area contributed by atoms with Crippen LogP contribution >= 0.6 is 0 Å². The number of unbranched alkanes of at least 4 members (excludes halogenated alkanes) is 10. The zero-order chi connectivity index (χ0) is 12.6. The molecule has 0 N–H and O–H groups in total. The first-order valence-electron chi connectivity index (χ1n) is 8.12. The monoisotopic (exact) mass is 377 g/mol. The van der Waals surface area contributed by atoms with Crippen LogP contribution in [0.3, 0.4) is 0 Å². The number of hydrogen-bond donors (Lipinski definition) is 0. The first-order chi connectivity index (χ1) is 8.41. The van der Waals surface area contributed by atoms with Gasteiger partial charge >= 0.3 is 121 Å². The van der Waals surface area contributed by atoms with Gasteiger partial charge in [-0.2, -0.15) is 0 Å². The minimum atomic E-state index is 0. The molecule has 0 aromatic rings. The Morgan fingerprint density at radius 3 is 1.22 bits per heavy atom. The van der Waals surface area contributed by atoms with Gasteiger partial charge in [-0.05, 0) is 11.0 Å². The van der Waals surface area contributed by atoms with E-state index in [0.717, 1.165) is 0 Å². The average molecular weight is 376 g/mol. The van der Waals surface area contributed by atoms with Crippen molar-refractivity contribution in [2.45, 2.75) is 99.8 Å². The van der Waals surface area contributed by atoms with Gasteiger partial charge in [0.15, 0.2) is 0 Å². The van der Waals surface area contributed by atoms with Crippen LogP contribution in [-0.4, -0.2) is 32.1 Å². The van der Waals surface area contributed by atoms with Crippen molar-refractivity contribution in [1.82, 2.24) is 0 Å². The van der Waals surface area contributed by atoms with Crippen LogP contribution in [0.4, 0.5) is 0 Å². The minimum Gasteiger partial charge on any atom is -0.0125 e. The summed E-state index contributed by atoms with van der Waals surface area (Å²) >= 11 is 0.0736. The Hall–Kier alpha value is 1.02. The molecule has 0 aliphatic carbocycles. The molecule has 0 aliphatic heterocycles. The fourth-order valence-corrected chi connectivity index (χ4v) is 5.75. The summed E-state index contributed by atoms with van der Waals surface area (Å²) in [4.78, 5) is 0. The molecule has 0 saturated carbocycles. The first kappa shape index (κ1) is 21.3. The Morgan fingerprint density at radius 2 is 0.833 bits per heavy atom. The predicted octanol–water partition coefficient (Wildman–Crippen LogP) is 5.06. The van der Waals surface area contributed by atoms with Crippen LogP contribution in [0.5, 0.6) is 0 Å². The van der Waals surface area contributed by atoms with E-state index in [1.54, 1.807) is 21.7 Å². The van der Waals surface area contributed by atoms with Gasteiger partial charge in [0, 0.05) is 0 Å². The van der Waals surface area contributed by atoms with Crippen molar-refractivity contribution in [2.75, 3.05) is 0 Å². The average Bonchev–Trinajstić information content (AvgIpc) is 2.35. The standard InChI is InChI=1S/2C8H17.H3Si.Sn/c2*1-3-5-7-8-6-4-2;;/h2*1,3-8H2,2H3;1H3;. The molecule has 0 bridgehead atoms. The van der Waals surface area contributed by atoms with Gasteiger partial charge < -0.3 is 0 Å². The molecular formula is C16H37SiSn. The van der Waals surface area contributed by atoms with Gasteiger partial charge in [0.25, 0.3) is 0 Å². The fourth-order valence-electron chi connectivity index (χ4n) is 2.19. The third kappa shape index (κ3) is 19.4. The maximum Gasteiger partial charge on any atom is -0.0125 e. The molecule has 0 nitrogen and oxygen atoms in total. The number of hydrogen-bond acceptors (Lipinski definition) is 0. The second-order valence-corrected chi connectivity index (χ2v) is 9.57. The van der Waals surface area contributed by atoms with Crippen LogP contribution in [0.15, 0.2) is 0 Å². The second kappa shape index (κ2) is 20.3. The largest absolute Gasteiger partial charge is 0.0125 e. The van der Waals surface area contributed by atoms with E-state index in [1.807, 2.05) is 0 Å². The molecule has 109 valence electrons. The Kier molecular flexibility index (Phi) is 24.1. The Labute approximate surface area is 131 Å². The Morgan fingerprint density at radius 1 is 0.500 bits per heavy atom. The molecule has 0 amide bonds. The van der Waals surface area contributed by atoms with Gasteiger partial charge in [-0.3, -0.25) is 0 Å². The van der Waals surface area contributed by atoms with Crippen molar-refractivity contribution < 1.29 is 0 Å². The van der Waals surface area contributed by atoms with Crippen LogP contribution in [0.2, 0.25) is 8.87 Å². The van der Waals surface area contributed by atoms with E-state index in [1.165, 1.54) is 64.2 Å². The molecule has 0 unspecified atom stereocenters. The molecule has 0 saturated heterocycles. The summed E-state index contributed by atoms with van der Waals surface area (Å²) in [6, 6.07) is 0. The van der Waals surface area contributed by atoms with Crippen molar-refractivity contribution in [1.29, 1.82) is 0 Å². The Balaban J connectivity index is 0. The zero-order valence-corrected chi connectivity index (χ0v) is 18.3. The van der Waals surface area contributed by atoms with Gasteiger partial charge in [-0.25, -0.2) is 0 Å². The van der Waals surface area contributed by atoms with E-state index >= 15 is 0 Å². The topological polar surface area (TPSA) is 0 Å². The molecule has 18 heavy (non-hydrogen) atoms. The molecule has 0 atom stereocenters. The fraction of sp³-hybridized carbons (Fsp3) is 1.00. The summed E-state index contributed by atoms with van der Waals surface area (Å²) in [6.45, 7) is 4.60. The van der Waals surface area contributed by atoms with E-state index in [9.17, 15) is 0 Å². The van der Waals surface area contributed by atoms with E-state index in [0.29, 0.717) is 0 Å². The zero-order valence-electron chi connectivity index (χ0n) is 13.4. The van der Waals surface area contributed by atoms with E-state index in [2.05, 4.69) is 13.8 Å². The van der Waals surface area contributed by atoms with Crippen molar-refractivity contribution in [3.8, 4) is 0 Å². The third-order valence-electron chi connectivity index (χ3n) is 3.41. The van der Waals surface area contributed by atoms with Gasteiger partial charge in [0.05, 0.1) is 0 Å². The maximum absolute atomic E-state index is 2.30. The van der Waals surface area contributed by atoms with Crippen molar-refractivity contribution in [2.24, 2.45) is 0 Å². The van der Waals surface area contributed by atoms with Crippen molar-refractivity contribution in [3.63, 3.8) is 0 Å². The van der Waals surface area contributed by atoms with Crippen LogP contribution in [0, 0.1) is 0 Å². The molecule has 0 rings (SSSR count). The molecule has 0 spiro atoms. The molecule has 0 heterocycles. The van der Waals surface area contributed by atoms with Gasteiger partial charge in [0.1, 0.15) is 0 Å². The Bertz CT molecular complexity index is 114. The van der Waals surface area contributed by atoms with E-state index < -0.39 is 0 Å². The first-order valence-corrected chi connectivity index (χ1v) is 12.2. The molecule has 0 aromatic carbocycles. The summed E-state index contributed by atoms with van der Waals surface area (Å²) in [5, 5.41) is 0. The van der Waals surface area contributed by atoms with Crippen molar-refractivity contribution in [3.05, 3.63) is 0 Å². The van der Waals surface area contributed by atoms with Gasteiger partial charge in [0.2, 0.25) is 0 Å². The van der Waals surface area contributed by atoms with Crippen LogP contribution < -0.4 is 0 Å². The van der Waals surface area contributed by atoms with E-state index in [4.69, 9.17) is 0 Å². The smallest absolute Gasteiger partial charge is 0.0125 e. The third-order valence-corrected chi connectivity index (χ3v) is 7.45. The minimum absolute atomic E-state index is 0. The molecular weight excluding hydrogens is 339 g/mol. The van der Waals surface area contributed by atoms with Crippen molar-refractivity contribution >= 4 is 32.1 Å². The predicted molar refractivity (Wildman–Crippen MR) is 92.1 cm³/mol. The normalized spacial score (nSPS) is 10.3. The SMILES string of the molecule is CCCCCCC[CH2][Sn][CH2]CCCCCCC.[SiH3]. The molecule has 0 aliphatic rings. The van der Waals surface area contributed by atoms with Gasteiger partial charge in [-0.15, -0.1) is 0 Å². The summed E-state index contributed by atoms with van der Waals surface area (Å²) in [5.41, 5.74) is 0. The molecule has 2 heteroatoms. The van der Waals surface area contributed by atoms with E-state index in [-0.39, 0.29) is 32.1 Å². The summed E-state index contributed by atoms with van der Waals surface area (Å²) in [6.07, 6.45) is 17.8. The van der Waals surface area contributed by atoms with Gasteiger partial charge in [-0.1, -0.05) is 0 Å². The molecule has 3 radical (unpaired) electrons. The molecule has 0 fully saturated rings. The molecule has 0 aromatic heterocycles. The second-order valence-electron chi connectivity index (χ2n) is 5.29. The summed E-state index contributed by atoms with van der Waals surface area (Å²) < 4.78 is 3.31. The van der Waals surface area contributed by atoms with Crippen LogP contribution in [0.25, 0.3) is 0 Å².